The van der Waals surface area contributed by atoms with Crippen molar-refractivity contribution in [1.82, 2.24) is 15.1 Å². The fourth-order valence-corrected chi connectivity index (χ4v) is 6.56. The highest BCUT2D eigenvalue weighted by Gasteiger charge is 2.44. The lowest BCUT2D eigenvalue weighted by molar-refractivity contribution is -0.136. The number of hydrogen-bond acceptors (Lipinski definition) is 3. The number of likely N-dealkylation sites (tertiary alicyclic amines) is 2. The summed E-state index contributed by atoms with van der Waals surface area (Å²) < 4.78 is 28.6. The number of nitrogens with zero attached hydrogens (tertiary/aromatic N) is 2. The summed E-state index contributed by atoms with van der Waals surface area (Å²) in [6.07, 6.45) is 2.33. The minimum Gasteiger partial charge on any atom is -0.350 e. The van der Waals surface area contributed by atoms with E-state index in [0.717, 1.165) is 36.5 Å². The molecule has 0 radical (unpaired) electrons. The van der Waals surface area contributed by atoms with Crippen LogP contribution in [0.4, 0.5) is 8.78 Å². The molecule has 2 aliphatic heterocycles. The molecule has 2 amide bonds. The minimum absolute atomic E-state index is 0.0381. The smallest absolute Gasteiger partial charge is 0.227 e. The standard InChI is InChI=1S/C32H42ClF2N3O2/c1-7-30(36-20(3)39)25-16-28(33)19(2)14-24(25)21-10-12-37(13-11-21)31(40)27-18-38(32(4,5)6)17-26(27)23-9-8-22(34)15-29(23)35/h8-9,14-16,21,26-27,30H,7,10-13,17-18H2,1-6H3,(H,36,39)/t26-,27+,30+/m0/s1. The fraction of sp³-hybridized carbons (Fsp3) is 0.562. The maximum Gasteiger partial charge on any atom is 0.227 e. The molecule has 4 rings (SSSR count). The zero-order valence-electron chi connectivity index (χ0n) is 24.5. The van der Waals surface area contributed by atoms with Gasteiger partial charge in [-0.2, -0.15) is 0 Å². The third kappa shape index (κ3) is 6.52. The third-order valence-corrected chi connectivity index (χ3v) is 9.13. The van der Waals surface area contributed by atoms with E-state index in [4.69, 9.17) is 11.6 Å². The van der Waals surface area contributed by atoms with Gasteiger partial charge in [0.25, 0.3) is 0 Å². The molecule has 2 aromatic carbocycles. The van der Waals surface area contributed by atoms with Gasteiger partial charge in [0.05, 0.1) is 12.0 Å². The number of carbonyl (C=O) groups is 2. The average Bonchev–Trinajstić information content (AvgIpc) is 3.34. The van der Waals surface area contributed by atoms with Crippen LogP contribution >= 0.6 is 11.6 Å². The molecule has 40 heavy (non-hydrogen) atoms. The summed E-state index contributed by atoms with van der Waals surface area (Å²) in [7, 11) is 0. The summed E-state index contributed by atoms with van der Waals surface area (Å²) in [6, 6.07) is 7.68. The lowest BCUT2D eigenvalue weighted by atomic mass is 9.82. The van der Waals surface area contributed by atoms with Crippen molar-refractivity contribution in [3.63, 3.8) is 0 Å². The van der Waals surface area contributed by atoms with Gasteiger partial charge in [-0.15, -0.1) is 0 Å². The fourth-order valence-electron chi connectivity index (χ4n) is 6.38. The molecule has 2 aliphatic rings. The third-order valence-electron chi connectivity index (χ3n) is 8.72. The molecule has 2 saturated heterocycles. The zero-order valence-corrected chi connectivity index (χ0v) is 25.2. The van der Waals surface area contributed by atoms with Crippen molar-refractivity contribution in [1.29, 1.82) is 0 Å². The van der Waals surface area contributed by atoms with Gasteiger partial charge in [0.15, 0.2) is 0 Å². The van der Waals surface area contributed by atoms with Crippen LogP contribution in [0.1, 0.15) is 94.0 Å². The van der Waals surface area contributed by atoms with E-state index in [9.17, 15) is 18.4 Å². The molecular weight excluding hydrogens is 532 g/mol. The molecule has 0 bridgehead atoms. The summed E-state index contributed by atoms with van der Waals surface area (Å²) in [5.74, 6) is -1.74. The molecule has 5 nitrogen and oxygen atoms in total. The Labute approximate surface area is 242 Å². The number of carbonyl (C=O) groups excluding carboxylic acids is 2. The molecular formula is C32H42ClF2N3O2. The molecule has 0 saturated carbocycles. The molecule has 2 fully saturated rings. The Morgan fingerprint density at radius 3 is 2.33 bits per heavy atom. The number of aryl methyl sites for hydroxylation is 1. The summed E-state index contributed by atoms with van der Waals surface area (Å²) in [6.45, 7) is 14.1. The van der Waals surface area contributed by atoms with E-state index in [1.54, 1.807) is 0 Å². The predicted octanol–water partition coefficient (Wildman–Crippen LogP) is 6.73. The summed E-state index contributed by atoms with van der Waals surface area (Å²) in [4.78, 5) is 30.0. The van der Waals surface area contributed by atoms with Crippen LogP contribution < -0.4 is 5.32 Å². The average molecular weight is 574 g/mol. The predicted molar refractivity (Wildman–Crippen MR) is 156 cm³/mol. The van der Waals surface area contributed by atoms with E-state index in [0.29, 0.717) is 36.8 Å². The largest absolute Gasteiger partial charge is 0.350 e. The molecule has 2 aromatic rings. The first kappa shape index (κ1) is 30.4. The highest BCUT2D eigenvalue weighted by molar-refractivity contribution is 6.31. The summed E-state index contributed by atoms with van der Waals surface area (Å²) in [5, 5.41) is 3.74. The molecule has 1 N–H and O–H groups in total. The number of halogens is 3. The zero-order chi connectivity index (χ0) is 29.4. The van der Waals surface area contributed by atoms with Crippen molar-refractivity contribution in [2.24, 2.45) is 5.92 Å². The van der Waals surface area contributed by atoms with Gasteiger partial charge in [0.2, 0.25) is 11.8 Å². The molecule has 3 atom stereocenters. The number of hydrogen-bond donors (Lipinski definition) is 1. The Morgan fingerprint density at radius 1 is 1.07 bits per heavy atom. The van der Waals surface area contributed by atoms with Gasteiger partial charge in [-0.3, -0.25) is 14.5 Å². The van der Waals surface area contributed by atoms with Gasteiger partial charge in [-0.25, -0.2) is 8.78 Å². The summed E-state index contributed by atoms with van der Waals surface area (Å²) in [5.41, 5.74) is 3.45. The maximum absolute atomic E-state index is 14.9. The van der Waals surface area contributed by atoms with Crippen LogP contribution in [0.15, 0.2) is 30.3 Å². The van der Waals surface area contributed by atoms with Crippen molar-refractivity contribution in [2.75, 3.05) is 26.2 Å². The van der Waals surface area contributed by atoms with Crippen LogP contribution in [0.5, 0.6) is 0 Å². The Kier molecular flexibility index (Phi) is 9.25. The van der Waals surface area contributed by atoms with Crippen molar-refractivity contribution >= 4 is 23.4 Å². The van der Waals surface area contributed by atoms with E-state index < -0.39 is 17.6 Å². The van der Waals surface area contributed by atoms with Crippen LogP contribution in [0, 0.1) is 24.5 Å². The normalized spacial score (nSPS) is 21.5. The van der Waals surface area contributed by atoms with Gasteiger partial charge in [-0.05, 0) is 87.3 Å². The monoisotopic (exact) mass is 573 g/mol. The van der Waals surface area contributed by atoms with E-state index in [1.807, 2.05) is 24.8 Å². The van der Waals surface area contributed by atoms with Crippen molar-refractivity contribution < 1.29 is 18.4 Å². The van der Waals surface area contributed by atoms with Crippen LogP contribution in [-0.2, 0) is 9.59 Å². The molecule has 0 spiro atoms. The molecule has 8 heteroatoms. The Hall–Kier alpha value is -2.51. The molecule has 0 aromatic heterocycles. The quantitative estimate of drug-likeness (QED) is 0.417. The highest BCUT2D eigenvalue weighted by Crippen LogP contribution is 2.41. The summed E-state index contributed by atoms with van der Waals surface area (Å²) >= 11 is 6.51. The highest BCUT2D eigenvalue weighted by atomic mass is 35.5. The minimum atomic E-state index is -0.613. The van der Waals surface area contributed by atoms with Crippen LogP contribution in [0.3, 0.4) is 0 Å². The number of rotatable bonds is 6. The molecule has 0 unspecified atom stereocenters. The SMILES string of the molecule is CC[C@@H](NC(C)=O)c1cc(Cl)c(C)cc1C1CCN(C(=O)[C@@H]2CN(C(C)(C)C)C[C@H]2c2ccc(F)cc2F)CC1. The number of benzene rings is 2. The Balaban J connectivity index is 1.55. The topological polar surface area (TPSA) is 52.7 Å². The van der Waals surface area contributed by atoms with Crippen molar-refractivity contribution in [3.8, 4) is 0 Å². The van der Waals surface area contributed by atoms with Crippen LogP contribution in [0.2, 0.25) is 5.02 Å². The van der Waals surface area contributed by atoms with Gasteiger partial charge in [0, 0.05) is 55.6 Å². The Morgan fingerprint density at radius 2 is 1.75 bits per heavy atom. The second-order valence-corrected chi connectivity index (χ2v) is 12.9. The number of nitrogens with one attached hydrogen (secondary N) is 1. The second kappa shape index (κ2) is 12.2. The van der Waals surface area contributed by atoms with E-state index in [1.165, 1.54) is 24.6 Å². The first-order chi connectivity index (χ1) is 18.8. The molecule has 2 heterocycles. The van der Waals surface area contributed by atoms with E-state index in [-0.39, 0.29) is 35.2 Å². The Bertz CT molecular complexity index is 1250. The molecule has 0 aliphatic carbocycles. The van der Waals surface area contributed by atoms with Crippen LogP contribution in [-0.4, -0.2) is 53.3 Å². The van der Waals surface area contributed by atoms with Crippen LogP contribution in [0.25, 0.3) is 0 Å². The van der Waals surface area contributed by atoms with Gasteiger partial charge < -0.3 is 10.2 Å². The van der Waals surface area contributed by atoms with Gasteiger partial charge in [0.1, 0.15) is 11.6 Å². The molecule has 218 valence electrons. The second-order valence-electron chi connectivity index (χ2n) is 12.4. The van der Waals surface area contributed by atoms with E-state index >= 15 is 0 Å². The van der Waals surface area contributed by atoms with E-state index in [2.05, 4.69) is 37.1 Å². The lowest BCUT2D eigenvalue weighted by Crippen LogP contribution is -2.44. The first-order valence-corrected chi connectivity index (χ1v) is 14.7. The number of piperidine rings is 1. The van der Waals surface area contributed by atoms with Crippen molar-refractivity contribution in [3.05, 3.63) is 69.2 Å². The first-order valence-electron chi connectivity index (χ1n) is 14.4. The van der Waals surface area contributed by atoms with Gasteiger partial charge in [-0.1, -0.05) is 30.7 Å². The number of amides is 2. The van der Waals surface area contributed by atoms with Gasteiger partial charge >= 0.3 is 0 Å². The van der Waals surface area contributed by atoms with Crippen molar-refractivity contribution in [2.45, 2.75) is 84.2 Å². The lowest BCUT2D eigenvalue weighted by Gasteiger charge is -2.36. The maximum atomic E-state index is 14.9.